The Kier molecular flexibility index (Phi) is 4.24. The summed E-state index contributed by atoms with van der Waals surface area (Å²) in [5, 5.41) is 0. The second-order valence-electron chi connectivity index (χ2n) is 4.84. The van der Waals surface area contributed by atoms with Crippen LogP contribution in [0.25, 0.3) is 0 Å². The average Bonchev–Trinajstić information content (AvgIpc) is 2.25. The van der Waals surface area contributed by atoms with E-state index in [0.29, 0.717) is 23.6 Å². The van der Waals surface area contributed by atoms with E-state index >= 15 is 0 Å². The molecule has 3 heteroatoms. The molecule has 14 heavy (non-hydrogen) atoms. The smallest absolute Gasteiger partial charge is 0.222 e. The first-order valence-electron chi connectivity index (χ1n) is 5.39. The molecule has 0 saturated carbocycles. The lowest BCUT2D eigenvalue weighted by Crippen LogP contribution is -2.31. The largest absolute Gasteiger partial charge is 0.343 e. The van der Waals surface area contributed by atoms with Gasteiger partial charge in [-0.1, -0.05) is 13.8 Å². The molecule has 82 valence electrons. The predicted molar refractivity (Wildman–Crippen MR) is 59.5 cm³/mol. The number of rotatable bonds is 3. The third-order valence-corrected chi connectivity index (χ3v) is 3.26. The molecule has 0 unspecified atom stereocenters. The topological polar surface area (TPSA) is 20.3 Å². The van der Waals surface area contributed by atoms with Crippen molar-refractivity contribution in [1.29, 1.82) is 0 Å². The fourth-order valence-electron chi connectivity index (χ4n) is 1.78. The van der Waals surface area contributed by atoms with E-state index in [1.807, 2.05) is 4.90 Å². The van der Waals surface area contributed by atoms with Crippen LogP contribution in [0.5, 0.6) is 0 Å². The van der Waals surface area contributed by atoms with Crippen molar-refractivity contribution in [3.05, 3.63) is 0 Å². The molecule has 1 amide bonds. The van der Waals surface area contributed by atoms with Crippen LogP contribution in [0.2, 0.25) is 0 Å². The molecule has 1 heterocycles. The van der Waals surface area contributed by atoms with Crippen molar-refractivity contribution < 1.29 is 4.79 Å². The zero-order chi connectivity index (χ0) is 10.6. The van der Waals surface area contributed by atoms with Crippen molar-refractivity contribution in [2.75, 3.05) is 19.0 Å². The summed E-state index contributed by atoms with van der Waals surface area (Å²) in [5.41, 5.74) is 0.325. The quantitative estimate of drug-likeness (QED) is 0.666. The van der Waals surface area contributed by atoms with Gasteiger partial charge in [0.2, 0.25) is 5.91 Å². The van der Waals surface area contributed by atoms with E-state index in [9.17, 15) is 4.79 Å². The molecule has 0 aromatic carbocycles. The lowest BCUT2D eigenvalue weighted by Gasteiger charge is -2.23. The number of amides is 1. The van der Waals surface area contributed by atoms with Crippen LogP contribution in [-0.2, 0) is 4.79 Å². The number of alkyl halides is 1. The monoisotopic (exact) mass is 217 g/mol. The van der Waals surface area contributed by atoms with E-state index in [0.717, 1.165) is 32.4 Å². The van der Waals surface area contributed by atoms with Gasteiger partial charge in [0.1, 0.15) is 0 Å². The Morgan fingerprint density at radius 3 is 2.79 bits per heavy atom. The van der Waals surface area contributed by atoms with Crippen LogP contribution in [0.1, 0.15) is 39.5 Å². The normalized spacial score (nSPS) is 22.2. The first-order chi connectivity index (χ1) is 6.55. The molecule has 0 bridgehead atoms. The average molecular weight is 218 g/mol. The fraction of sp³-hybridized carbons (Fsp3) is 0.909. The van der Waals surface area contributed by atoms with E-state index in [1.165, 1.54) is 0 Å². The predicted octanol–water partition coefficient (Wildman–Crippen LogP) is 2.65. The Bertz CT molecular complexity index is 203. The van der Waals surface area contributed by atoms with Crippen molar-refractivity contribution in [1.82, 2.24) is 4.90 Å². The molecule has 1 rings (SSSR count). The van der Waals surface area contributed by atoms with E-state index in [2.05, 4.69) is 13.8 Å². The van der Waals surface area contributed by atoms with Gasteiger partial charge in [0.05, 0.1) is 0 Å². The van der Waals surface area contributed by atoms with Crippen LogP contribution in [0.4, 0.5) is 0 Å². The number of likely N-dealkylation sites (tertiary alicyclic amines) is 1. The maximum Gasteiger partial charge on any atom is 0.222 e. The van der Waals surface area contributed by atoms with Gasteiger partial charge in [-0.3, -0.25) is 4.79 Å². The van der Waals surface area contributed by atoms with Gasteiger partial charge in [-0.05, 0) is 24.7 Å². The van der Waals surface area contributed by atoms with Gasteiger partial charge in [-0.2, -0.15) is 0 Å². The lowest BCUT2D eigenvalue weighted by molar-refractivity contribution is -0.130. The molecule has 1 aliphatic heterocycles. The molecule has 1 saturated heterocycles. The highest BCUT2D eigenvalue weighted by molar-refractivity contribution is 6.17. The van der Waals surface area contributed by atoms with Crippen molar-refractivity contribution in [2.45, 2.75) is 39.5 Å². The molecule has 1 aliphatic rings. The summed E-state index contributed by atoms with van der Waals surface area (Å²) in [6.07, 6.45) is 3.74. The van der Waals surface area contributed by atoms with Crippen molar-refractivity contribution in [3.8, 4) is 0 Å². The first kappa shape index (κ1) is 11.8. The molecule has 0 radical (unpaired) electrons. The van der Waals surface area contributed by atoms with Crippen molar-refractivity contribution in [3.63, 3.8) is 0 Å². The zero-order valence-electron chi connectivity index (χ0n) is 9.18. The van der Waals surface area contributed by atoms with Crippen molar-refractivity contribution >= 4 is 17.5 Å². The second-order valence-corrected chi connectivity index (χ2v) is 5.22. The molecule has 0 aliphatic carbocycles. The summed E-state index contributed by atoms with van der Waals surface area (Å²) >= 11 is 5.63. The van der Waals surface area contributed by atoms with Crippen LogP contribution in [0.15, 0.2) is 0 Å². The Morgan fingerprint density at radius 1 is 1.43 bits per heavy atom. The highest BCUT2D eigenvalue weighted by Gasteiger charge is 2.26. The Balaban J connectivity index is 2.47. The Hall–Kier alpha value is -0.240. The van der Waals surface area contributed by atoms with Gasteiger partial charge in [-0.15, -0.1) is 11.6 Å². The molecular formula is C11H20ClNO. The summed E-state index contributed by atoms with van der Waals surface area (Å²) < 4.78 is 0. The standard InChI is InChI=1S/C11H20ClNO/c1-11(2)5-4-10(14)13(9-6-11)8-3-7-12/h3-9H2,1-2H3. The number of hydrogen-bond acceptors (Lipinski definition) is 1. The van der Waals surface area contributed by atoms with Crippen LogP contribution >= 0.6 is 11.6 Å². The van der Waals surface area contributed by atoms with E-state index in [-0.39, 0.29) is 0 Å². The summed E-state index contributed by atoms with van der Waals surface area (Å²) in [4.78, 5) is 13.7. The maximum atomic E-state index is 11.7. The molecule has 1 fully saturated rings. The third-order valence-electron chi connectivity index (χ3n) is 2.99. The van der Waals surface area contributed by atoms with Crippen LogP contribution in [0.3, 0.4) is 0 Å². The van der Waals surface area contributed by atoms with Gasteiger partial charge >= 0.3 is 0 Å². The molecule has 0 aromatic rings. The fourth-order valence-corrected chi connectivity index (χ4v) is 1.90. The van der Waals surface area contributed by atoms with Gasteiger partial charge in [0.25, 0.3) is 0 Å². The molecule has 0 atom stereocenters. The third kappa shape index (κ3) is 3.49. The Morgan fingerprint density at radius 2 is 2.14 bits per heavy atom. The first-order valence-corrected chi connectivity index (χ1v) is 5.92. The SMILES string of the molecule is CC1(C)CCC(=O)N(CCCCl)CC1. The van der Waals surface area contributed by atoms with E-state index in [4.69, 9.17) is 11.6 Å². The molecule has 0 aromatic heterocycles. The zero-order valence-corrected chi connectivity index (χ0v) is 9.94. The minimum absolute atomic E-state index is 0.306. The number of carbonyl (C=O) groups is 1. The highest BCUT2D eigenvalue weighted by Crippen LogP contribution is 2.30. The molecule has 0 N–H and O–H groups in total. The van der Waals surface area contributed by atoms with Crippen molar-refractivity contribution in [2.24, 2.45) is 5.41 Å². The van der Waals surface area contributed by atoms with Crippen LogP contribution in [0, 0.1) is 5.41 Å². The van der Waals surface area contributed by atoms with Gasteiger partial charge < -0.3 is 4.90 Å². The lowest BCUT2D eigenvalue weighted by atomic mass is 9.85. The minimum atomic E-state index is 0.306. The number of nitrogens with zero attached hydrogens (tertiary/aromatic N) is 1. The number of carbonyl (C=O) groups excluding carboxylic acids is 1. The molecule has 0 spiro atoms. The highest BCUT2D eigenvalue weighted by atomic mass is 35.5. The summed E-state index contributed by atoms with van der Waals surface area (Å²) in [5.74, 6) is 0.952. The summed E-state index contributed by atoms with van der Waals surface area (Å²) in [6, 6.07) is 0. The van der Waals surface area contributed by atoms with Gasteiger partial charge in [0.15, 0.2) is 0 Å². The van der Waals surface area contributed by atoms with E-state index in [1.54, 1.807) is 0 Å². The molecule has 2 nitrogen and oxygen atoms in total. The van der Waals surface area contributed by atoms with Crippen LogP contribution in [-0.4, -0.2) is 29.8 Å². The Labute approximate surface area is 91.6 Å². The molecular weight excluding hydrogens is 198 g/mol. The maximum absolute atomic E-state index is 11.7. The summed E-state index contributed by atoms with van der Waals surface area (Å²) in [7, 11) is 0. The van der Waals surface area contributed by atoms with E-state index < -0.39 is 0 Å². The van der Waals surface area contributed by atoms with Gasteiger partial charge in [-0.25, -0.2) is 0 Å². The van der Waals surface area contributed by atoms with Gasteiger partial charge in [0, 0.05) is 25.4 Å². The number of halogens is 1. The minimum Gasteiger partial charge on any atom is -0.343 e. The summed E-state index contributed by atoms with van der Waals surface area (Å²) in [6.45, 7) is 6.22. The second kappa shape index (κ2) is 5.01. The van der Waals surface area contributed by atoms with Crippen LogP contribution < -0.4 is 0 Å². The number of hydrogen-bond donors (Lipinski definition) is 0.